The van der Waals surface area contributed by atoms with Crippen molar-refractivity contribution >= 4 is 5.91 Å². The summed E-state index contributed by atoms with van der Waals surface area (Å²) in [5.41, 5.74) is 0.590. The van der Waals surface area contributed by atoms with E-state index in [4.69, 9.17) is 18.9 Å². The molecular weight excluding hydrogens is 488 g/mol. The monoisotopic (exact) mass is 528 g/mol. The van der Waals surface area contributed by atoms with Gasteiger partial charge in [0.2, 0.25) is 0 Å². The summed E-state index contributed by atoms with van der Waals surface area (Å²) in [5.74, 6) is -1.51. The van der Waals surface area contributed by atoms with Crippen LogP contribution in [0, 0.1) is 0 Å². The van der Waals surface area contributed by atoms with Gasteiger partial charge >= 0.3 is 0 Å². The summed E-state index contributed by atoms with van der Waals surface area (Å²) >= 11 is 0. The minimum absolute atomic E-state index is 0.0251. The van der Waals surface area contributed by atoms with E-state index in [9.17, 15) is 15.0 Å². The van der Waals surface area contributed by atoms with Gasteiger partial charge in [0.15, 0.2) is 11.9 Å². The summed E-state index contributed by atoms with van der Waals surface area (Å²) in [5, 5.41) is 22.6. The number of hydrogen-bond donors (Lipinski definition) is 2. The number of amides is 1. The van der Waals surface area contributed by atoms with Crippen molar-refractivity contribution in [2.45, 2.75) is 56.8 Å². The molecule has 208 valence electrons. The highest BCUT2D eigenvalue weighted by atomic mass is 16.8. The molecule has 2 fully saturated rings. The second-order valence-electron chi connectivity index (χ2n) is 10.6. The van der Waals surface area contributed by atoms with Gasteiger partial charge in [0.25, 0.3) is 5.91 Å². The van der Waals surface area contributed by atoms with Crippen LogP contribution in [-0.4, -0.2) is 102 Å². The summed E-state index contributed by atoms with van der Waals surface area (Å²) in [7, 11) is 1.99. The van der Waals surface area contributed by atoms with Gasteiger partial charge in [-0.15, -0.1) is 0 Å². The Balaban J connectivity index is 1.56. The van der Waals surface area contributed by atoms with Gasteiger partial charge in [-0.05, 0) is 32.0 Å². The van der Waals surface area contributed by atoms with E-state index in [-0.39, 0.29) is 19.8 Å². The van der Waals surface area contributed by atoms with Gasteiger partial charge in [-0.1, -0.05) is 60.7 Å². The molecular formula is C29H40N2O7. The van der Waals surface area contributed by atoms with E-state index >= 15 is 0 Å². The Morgan fingerprint density at radius 1 is 0.947 bits per heavy atom. The van der Waals surface area contributed by atoms with Crippen molar-refractivity contribution < 1.29 is 34.0 Å². The first kappa shape index (κ1) is 28.6. The number of nitrogens with zero attached hydrogens (tertiary/aromatic N) is 2. The normalized spacial score (nSPS) is 24.2. The van der Waals surface area contributed by atoms with Crippen LogP contribution in [0.15, 0.2) is 60.7 Å². The number of piperazine rings is 1. The van der Waals surface area contributed by atoms with Crippen molar-refractivity contribution in [1.82, 2.24) is 9.80 Å². The van der Waals surface area contributed by atoms with E-state index in [2.05, 4.69) is 4.90 Å². The van der Waals surface area contributed by atoms with Crippen LogP contribution in [0.2, 0.25) is 0 Å². The molecule has 0 saturated carbocycles. The molecule has 1 unspecified atom stereocenters. The summed E-state index contributed by atoms with van der Waals surface area (Å²) < 4.78 is 24.6. The number of rotatable bonds is 11. The van der Waals surface area contributed by atoms with E-state index in [1.54, 1.807) is 18.7 Å². The molecule has 1 amide bonds. The lowest BCUT2D eigenvalue weighted by Crippen LogP contribution is -2.62. The smallest absolute Gasteiger partial charge is 0.254 e. The first-order valence-electron chi connectivity index (χ1n) is 13.1. The Labute approximate surface area is 224 Å². The fraction of sp³-hybridized carbons (Fsp3) is 0.552. The van der Waals surface area contributed by atoms with Crippen molar-refractivity contribution in [1.29, 1.82) is 0 Å². The van der Waals surface area contributed by atoms with E-state index in [0.29, 0.717) is 32.8 Å². The van der Waals surface area contributed by atoms with Crippen molar-refractivity contribution in [2.24, 2.45) is 0 Å². The SMILES string of the molecule is CN1CCN(C(=O)[C@H](O)[C@@H](O)[C@H](OCc2ccccc2)C2(COCc3ccccc3)COC(C)(C)O2)CC1. The van der Waals surface area contributed by atoms with Gasteiger partial charge in [0.1, 0.15) is 17.8 Å². The van der Waals surface area contributed by atoms with Crippen LogP contribution in [0.25, 0.3) is 0 Å². The summed E-state index contributed by atoms with van der Waals surface area (Å²) in [4.78, 5) is 16.9. The Hall–Kier alpha value is -2.37. The number of aliphatic hydroxyl groups excluding tert-OH is 2. The molecule has 0 aliphatic carbocycles. The van der Waals surface area contributed by atoms with Gasteiger partial charge in [-0.3, -0.25) is 4.79 Å². The van der Waals surface area contributed by atoms with E-state index < -0.39 is 35.6 Å². The molecule has 2 aromatic rings. The molecule has 2 N–H and O–H groups in total. The predicted octanol–water partition coefficient (Wildman–Crippen LogP) is 1.81. The zero-order chi connectivity index (χ0) is 27.2. The average molecular weight is 529 g/mol. The second-order valence-corrected chi connectivity index (χ2v) is 10.6. The summed E-state index contributed by atoms with van der Waals surface area (Å²) in [6.45, 7) is 6.45. The Morgan fingerprint density at radius 3 is 2.08 bits per heavy atom. The number of hydrogen-bond acceptors (Lipinski definition) is 8. The molecule has 9 nitrogen and oxygen atoms in total. The molecule has 2 aromatic carbocycles. The molecule has 2 heterocycles. The fourth-order valence-electron chi connectivity index (χ4n) is 4.90. The molecule has 0 bridgehead atoms. The van der Waals surface area contributed by atoms with Crippen molar-refractivity contribution in [3.8, 4) is 0 Å². The maximum atomic E-state index is 13.2. The molecule has 9 heteroatoms. The van der Waals surface area contributed by atoms with Gasteiger partial charge < -0.3 is 39.0 Å². The second kappa shape index (κ2) is 12.7. The average Bonchev–Trinajstić information content (AvgIpc) is 3.24. The van der Waals surface area contributed by atoms with Gasteiger partial charge in [0.05, 0.1) is 26.4 Å². The minimum atomic E-state index is -1.70. The number of aliphatic hydroxyl groups is 2. The lowest BCUT2D eigenvalue weighted by Gasteiger charge is -2.41. The number of carbonyl (C=O) groups excluding carboxylic acids is 1. The molecule has 4 rings (SSSR count). The topological polar surface area (TPSA) is 101 Å². The highest BCUT2D eigenvalue weighted by molar-refractivity contribution is 5.81. The van der Waals surface area contributed by atoms with Crippen LogP contribution < -0.4 is 0 Å². The lowest BCUT2D eigenvalue weighted by molar-refractivity contribution is -0.236. The summed E-state index contributed by atoms with van der Waals surface area (Å²) in [6.07, 6.45) is -4.40. The number of benzene rings is 2. The van der Waals surface area contributed by atoms with E-state index in [1.165, 1.54) is 0 Å². The molecule has 38 heavy (non-hydrogen) atoms. The largest absolute Gasteiger partial charge is 0.387 e. The third-order valence-electron chi connectivity index (χ3n) is 7.06. The molecule has 2 aliphatic heterocycles. The predicted molar refractivity (Wildman–Crippen MR) is 141 cm³/mol. The molecule has 0 radical (unpaired) electrons. The number of likely N-dealkylation sites (N-methyl/N-ethyl adjacent to an activating group) is 1. The third-order valence-corrected chi connectivity index (χ3v) is 7.06. The first-order valence-corrected chi connectivity index (χ1v) is 13.1. The number of carbonyl (C=O) groups is 1. The minimum Gasteiger partial charge on any atom is -0.387 e. The number of ether oxygens (including phenoxy) is 4. The molecule has 2 aliphatic rings. The van der Waals surface area contributed by atoms with Crippen LogP contribution >= 0.6 is 0 Å². The first-order chi connectivity index (χ1) is 18.2. The zero-order valence-corrected chi connectivity index (χ0v) is 22.5. The third kappa shape index (κ3) is 7.18. The Kier molecular flexibility index (Phi) is 9.54. The van der Waals surface area contributed by atoms with Crippen LogP contribution in [0.5, 0.6) is 0 Å². The molecule has 0 spiro atoms. The molecule has 2 saturated heterocycles. The Morgan fingerprint density at radius 2 is 1.53 bits per heavy atom. The Bertz CT molecular complexity index is 1010. The van der Waals surface area contributed by atoms with Crippen molar-refractivity contribution in [3.05, 3.63) is 71.8 Å². The fourth-order valence-corrected chi connectivity index (χ4v) is 4.90. The maximum absolute atomic E-state index is 13.2. The summed E-state index contributed by atoms with van der Waals surface area (Å²) in [6, 6.07) is 19.2. The van der Waals surface area contributed by atoms with E-state index in [0.717, 1.165) is 11.1 Å². The molecule has 0 aromatic heterocycles. The highest BCUT2D eigenvalue weighted by Gasteiger charge is 2.56. The van der Waals surface area contributed by atoms with E-state index in [1.807, 2.05) is 67.7 Å². The van der Waals surface area contributed by atoms with Crippen LogP contribution in [0.1, 0.15) is 25.0 Å². The van der Waals surface area contributed by atoms with Gasteiger partial charge in [-0.25, -0.2) is 0 Å². The van der Waals surface area contributed by atoms with Gasteiger partial charge in [0, 0.05) is 26.2 Å². The van der Waals surface area contributed by atoms with Crippen LogP contribution in [0.3, 0.4) is 0 Å². The standard InChI is InChI=1S/C29H40N2O7/c1-28(2)37-21-29(38-28,20-35-18-22-10-6-4-7-11-22)26(36-19-23-12-8-5-9-13-23)24(32)25(33)27(34)31-16-14-30(3)15-17-31/h4-13,24-26,32-33H,14-21H2,1-3H3/t24-,25-,26+,29?/m1/s1. The van der Waals surface area contributed by atoms with Crippen LogP contribution in [-0.2, 0) is 37.0 Å². The highest BCUT2D eigenvalue weighted by Crippen LogP contribution is 2.37. The lowest BCUT2D eigenvalue weighted by atomic mass is 9.90. The zero-order valence-electron chi connectivity index (χ0n) is 22.5. The maximum Gasteiger partial charge on any atom is 0.254 e. The van der Waals surface area contributed by atoms with Crippen molar-refractivity contribution in [3.63, 3.8) is 0 Å². The van der Waals surface area contributed by atoms with Gasteiger partial charge in [-0.2, -0.15) is 0 Å². The van der Waals surface area contributed by atoms with Crippen LogP contribution in [0.4, 0.5) is 0 Å². The molecule has 4 atom stereocenters. The quantitative estimate of drug-likeness (QED) is 0.456. The van der Waals surface area contributed by atoms with Crippen molar-refractivity contribution in [2.75, 3.05) is 46.4 Å².